The number of hydrogen-bond acceptors (Lipinski definition) is 2. The Labute approximate surface area is 105 Å². The van der Waals surface area contributed by atoms with Crippen molar-refractivity contribution in [3.8, 4) is 0 Å². The van der Waals surface area contributed by atoms with E-state index in [0.717, 1.165) is 38.1 Å². The number of amides is 1. The van der Waals surface area contributed by atoms with Crippen LogP contribution in [-0.4, -0.2) is 19.0 Å². The second-order valence-electron chi connectivity index (χ2n) is 6.07. The summed E-state index contributed by atoms with van der Waals surface area (Å²) in [5.41, 5.74) is 5.61. The summed E-state index contributed by atoms with van der Waals surface area (Å²) in [6, 6.07) is 0. The largest absolute Gasteiger partial charge is 0.355 e. The van der Waals surface area contributed by atoms with Gasteiger partial charge in [-0.3, -0.25) is 4.79 Å². The van der Waals surface area contributed by atoms with Gasteiger partial charge in [-0.15, -0.1) is 0 Å². The summed E-state index contributed by atoms with van der Waals surface area (Å²) in [6.45, 7) is 3.59. The van der Waals surface area contributed by atoms with Gasteiger partial charge in [0.15, 0.2) is 0 Å². The summed E-state index contributed by atoms with van der Waals surface area (Å²) in [6.07, 6.45) is 8.22. The van der Waals surface area contributed by atoms with Crippen LogP contribution in [0.15, 0.2) is 0 Å². The van der Waals surface area contributed by atoms with Gasteiger partial charge in [0.2, 0.25) is 5.91 Å². The molecule has 3 nitrogen and oxygen atoms in total. The van der Waals surface area contributed by atoms with Crippen LogP contribution in [-0.2, 0) is 4.79 Å². The Morgan fingerprint density at radius 3 is 2.53 bits per heavy atom. The first-order chi connectivity index (χ1) is 8.18. The predicted molar refractivity (Wildman–Crippen MR) is 69.5 cm³/mol. The molecule has 2 aliphatic rings. The van der Waals surface area contributed by atoms with Crippen molar-refractivity contribution in [3.63, 3.8) is 0 Å². The quantitative estimate of drug-likeness (QED) is 0.770. The van der Waals surface area contributed by atoms with E-state index in [1.807, 2.05) is 0 Å². The maximum absolute atomic E-state index is 12.3. The number of hydrogen-bond donors (Lipinski definition) is 2. The average Bonchev–Trinajstić information content (AvgIpc) is 3.20. The van der Waals surface area contributed by atoms with Crippen LogP contribution in [0.2, 0.25) is 0 Å². The van der Waals surface area contributed by atoms with Crippen molar-refractivity contribution in [1.29, 1.82) is 0 Å². The summed E-state index contributed by atoms with van der Waals surface area (Å²) < 4.78 is 0. The van der Waals surface area contributed by atoms with E-state index in [-0.39, 0.29) is 11.3 Å². The van der Waals surface area contributed by atoms with Crippen molar-refractivity contribution < 1.29 is 4.79 Å². The summed E-state index contributed by atoms with van der Waals surface area (Å²) >= 11 is 0. The molecule has 0 heterocycles. The predicted octanol–water partition coefficient (Wildman–Crippen LogP) is 2.06. The molecule has 0 aromatic rings. The van der Waals surface area contributed by atoms with Crippen molar-refractivity contribution in [2.75, 3.05) is 13.1 Å². The molecule has 2 fully saturated rings. The van der Waals surface area contributed by atoms with Crippen molar-refractivity contribution in [3.05, 3.63) is 0 Å². The van der Waals surface area contributed by atoms with Gasteiger partial charge in [-0.1, -0.05) is 26.2 Å². The molecule has 2 aliphatic carbocycles. The maximum atomic E-state index is 12.3. The van der Waals surface area contributed by atoms with Crippen molar-refractivity contribution in [2.45, 2.75) is 51.9 Å². The minimum Gasteiger partial charge on any atom is -0.355 e. The highest BCUT2D eigenvalue weighted by Gasteiger charge is 2.38. The standard InChI is InChI=1S/C14H26N2O/c1-11(12-5-6-12)9-16-13(17)14(10-15)7-3-2-4-8-14/h11-12H,2-10,15H2,1H3,(H,16,17). The number of carbonyl (C=O) groups excluding carboxylic acids is 1. The van der Waals surface area contributed by atoms with Crippen LogP contribution in [0.3, 0.4) is 0 Å². The molecule has 17 heavy (non-hydrogen) atoms. The van der Waals surface area contributed by atoms with Crippen LogP contribution < -0.4 is 11.1 Å². The minimum atomic E-state index is -0.248. The zero-order valence-corrected chi connectivity index (χ0v) is 11.0. The summed E-state index contributed by atoms with van der Waals surface area (Å²) in [7, 11) is 0. The lowest BCUT2D eigenvalue weighted by molar-refractivity contribution is -0.132. The molecule has 0 aliphatic heterocycles. The molecule has 0 bridgehead atoms. The zero-order chi connectivity index (χ0) is 12.3. The minimum absolute atomic E-state index is 0.215. The third-order valence-electron chi connectivity index (χ3n) is 4.69. The van der Waals surface area contributed by atoms with Crippen molar-refractivity contribution in [2.24, 2.45) is 23.0 Å². The summed E-state index contributed by atoms with van der Waals surface area (Å²) in [5, 5.41) is 3.15. The number of nitrogens with one attached hydrogen (secondary N) is 1. The highest BCUT2D eigenvalue weighted by atomic mass is 16.2. The molecule has 1 unspecified atom stereocenters. The van der Waals surface area contributed by atoms with Gasteiger partial charge in [0, 0.05) is 13.1 Å². The van der Waals surface area contributed by atoms with E-state index >= 15 is 0 Å². The molecule has 2 rings (SSSR count). The van der Waals surface area contributed by atoms with E-state index in [1.165, 1.54) is 19.3 Å². The fourth-order valence-corrected chi connectivity index (χ4v) is 3.03. The molecule has 2 saturated carbocycles. The SMILES string of the molecule is CC(CNC(=O)C1(CN)CCCCC1)C1CC1. The van der Waals surface area contributed by atoms with Crippen LogP contribution in [0.5, 0.6) is 0 Å². The van der Waals surface area contributed by atoms with E-state index in [9.17, 15) is 4.79 Å². The van der Waals surface area contributed by atoms with Crippen molar-refractivity contribution in [1.82, 2.24) is 5.32 Å². The Bertz CT molecular complexity index is 267. The number of nitrogens with two attached hydrogens (primary N) is 1. The highest BCUT2D eigenvalue weighted by Crippen LogP contribution is 2.37. The summed E-state index contributed by atoms with van der Waals surface area (Å²) in [5.74, 6) is 1.71. The van der Waals surface area contributed by atoms with E-state index in [4.69, 9.17) is 5.73 Å². The Morgan fingerprint density at radius 1 is 1.35 bits per heavy atom. The molecular weight excluding hydrogens is 212 g/mol. The smallest absolute Gasteiger partial charge is 0.227 e. The second-order valence-corrected chi connectivity index (χ2v) is 6.07. The van der Waals surface area contributed by atoms with E-state index in [2.05, 4.69) is 12.2 Å². The molecule has 0 spiro atoms. The molecule has 3 N–H and O–H groups in total. The van der Waals surface area contributed by atoms with Crippen LogP contribution in [0.25, 0.3) is 0 Å². The molecular formula is C14H26N2O. The first kappa shape index (κ1) is 12.9. The topological polar surface area (TPSA) is 55.1 Å². The van der Waals surface area contributed by atoms with Gasteiger partial charge < -0.3 is 11.1 Å². The molecule has 1 atom stereocenters. The number of carbonyl (C=O) groups is 1. The Hall–Kier alpha value is -0.570. The third kappa shape index (κ3) is 3.01. The lowest BCUT2D eigenvalue weighted by atomic mass is 9.73. The van der Waals surface area contributed by atoms with Gasteiger partial charge in [0.1, 0.15) is 0 Å². The summed E-state index contributed by atoms with van der Waals surface area (Å²) in [4.78, 5) is 12.3. The van der Waals surface area contributed by atoms with Gasteiger partial charge in [-0.2, -0.15) is 0 Å². The van der Waals surface area contributed by atoms with Gasteiger partial charge in [-0.05, 0) is 37.5 Å². The molecule has 1 amide bonds. The molecule has 0 aromatic carbocycles. The second kappa shape index (κ2) is 5.38. The molecule has 0 radical (unpaired) electrons. The molecule has 0 saturated heterocycles. The Balaban J connectivity index is 1.83. The number of rotatable bonds is 5. The highest BCUT2D eigenvalue weighted by molar-refractivity contribution is 5.83. The lowest BCUT2D eigenvalue weighted by Crippen LogP contribution is -2.48. The fourth-order valence-electron chi connectivity index (χ4n) is 3.03. The Kier molecular flexibility index (Phi) is 4.08. The first-order valence-corrected chi connectivity index (χ1v) is 7.16. The Morgan fingerprint density at radius 2 is 2.00 bits per heavy atom. The van der Waals surface area contributed by atoms with Gasteiger partial charge in [0.25, 0.3) is 0 Å². The maximum Gasteiger partial charge on any atom is 0.227 e. The zero-order valence-electron chi connectivity index (χ0n) is 11.0. The first-order valence-electron chi connectivity index (χ1n) is 7.16. The monoisotopic (exact) mass is 238 g/mol. The van der Waals surface area contributed by atoms with E-state index in [1.54, 1.807) is 0 Å². The van der Waals surface area contributed by atoms with Gasteiger partial charge in [0.05, 0.1) is 5.41 Å². The molecule has 3 heteroatoms. The average molecular weight is 238 g/mol. The van der Waals surface area contributed by atoms with Crippen LogP contribution in [0.4, 0.5) is 0 Å². The van der Waals surface area contributed by atoms with Gasteiger partial charge in [-0.25, -0.2) is 0 Å². The normalized spacial score (nSPS) is 25.3. The van der Waals surface area contributed by atoms with Crippen molar-refractivity contribution >= 4 is 5.91 Å². The van der Waals surface area contributed by atoms with Crippen LogP contribution in [0, 0.1) is 17.3 Å². The van der Waals surface area contributed by atoms with Crippen LogP contribution >= 0.6 is 0 Å². The van der Waals surface area contributed by atoms with Crippen LogP contribution in [0.1, 0.15) is 51.9 Å². The molecule has 98 valence electrons. The third-order valence-corrected chi connectivity index (χ3v) is 4.69. The van der Waals surface area contributed by atoms with E-state index in [0.29, 0.717) is 12.5 Å². The molecule has 0 aromatic heterocycles. The lowest BCUT2D eigenvalue weighted by Gasteiger charge is -2.35. The van der Waals surface area contributed by atoms with Gasteiger partial charge >= 0.3 is 0 Å². The van der Waals surface area contributed by atoms with E-state index < -0.39 is 0 Å². The fraction of sp³-hybridized carbons (Fsp3) is 0.929.